The first-order valence-corrected chi connectivity index (χ1v) is 10.2. The molecule has 0 saturated carbocycles. The molecule has 0 spiro atoms. The number of amides is 2. The number of carbonyl (C=O) groups is 2. The van der Waals surface area contributed by atoms with E-state index >= 15 is 0 Å². The number of carbonyl (C=O) groups excluding carboxylic acids is 2. The Balaban J connectivity index is 1.28. The van der Waals surface area contributed by atoms with Gasteiger partial charge in [0.15, 0.2) is 0 Å². The van der Waals surface area contributed by atoms with E-state index in [0.717, 1.165) is 11.1 Å². The molecule has 2 heterocycles. The van der Waals surface area contributed by atoms with Gasteiger partial charge < -0.3 is 15.2 Å². The lowest BCUT2D eigenvalue weighted by Crippen LogP contribution is -2.48. The van der Waals surface area contributed by atoms with Gasteiger partial charge in [0.2, 0.25) is 5.91 Å². The Morgan fingerprint density at radius 2 is 2.00 bits per heavy atom. The van der Waals surface area contributed by atoms with Crippen LogP contribution in [0.4, 0.5) is 4.39 Å². The SMILES string of the molecule is O=C(CCN1C=CN2NC(c3ccc(F)cc3)CC2C1=O)NCc1cccc(Cl)c1. The smallest absolute Gasteiger partial charge is 0.250 e. The summed E-state index contributed by atoms with van der Waals surface area (Å²) in [5, 5.41) is 5.26. The Hall–Kier alpha value is -2.90. The lowest BCUT2D eigenvalue weighted by atomic mass is 10.0. The lowest BCUT2D eigenvalue weighted by Gasteiger charge is -2.31. The third-order valence-corrected chi connectivity index (χ3v) is 5.54. The lowest BCUT2D eigenvalue weighted by molar-refractivity contribution is -0.134. The Morgan fingerprint density at radius 1 is 1.20 bits per heavy atom. The predicted molar refractivity (Wildman–Crippen MR) is 111 cm³/mol. The van der Waals surface area contributed by atoms with Crippen LogP contribution in [-0.2, 0) is 16.1 Å². The molecular weight excluding hydrogens is 407 g/mol. The molecule has 2 aromatic rings. The van der Waals surface area contributed by atoms with Crippen molar-refractivity contribution in [1.82, 2.24) is 20.7 Å². The second kappa shape index (κ2) is 8.85. The Kier molecular flexibility index (Phi) is 6.01. The summed E-state index contributed by atoms with van der Waals surface area (Å²) in [7, 11) is 0. The van der Waals surface area contributed by atoms with Crippen LogP contribution in [0.2, 0.25) is 5.02 Å². The number of nitrogens with zero attached hydrogens (tertiary/aromatic N) is 2. The molecule has 30 heavy (non-hydrogen) atoms. The van der Waals surface area contributed by atoms with Gasteiger partial charge >= 0.3 is 0 Å². The molecule has 0 aliphatic carbocycles. The second-order valence-corrected chi connectivity index (χ2v) is 7.81. The zero-order valence-electron chi connectivity index (χ0n) is 16.2. The number of hydrogen-bond acceptors (Lipinski definition) is 4. The van der Waals surface area contributed by atoms with Crippen molar-refractivity contribution >= 4 is 23.4 Å². The molecule has 2 unspecified atom stereocenters. The van der Waals surface area contributed by atoms with E-state index in [1.165, 1.54) is 12.1 Å². The molecule has 6 nitrogen and oxygen atoms in total. The van der Waals surface area contributed by atoms with Crippen molar-refractivity contribution in [2.45, 2.75) is 31.5 Å². The average molecular weight is 429 g/mol. The van der Waals surface area contributed by atoms with Crippen LogP contribution >= 0.6 is 11.6 Å². The molecule has 1 fully saturated rings. The summed E-state index contributed by atoms with van der Waals surface area (Å²) in [6.07, 6.45) is 4.27. The van der Waals surface area contributed by atoms with Crippen LogP contribution in [0.15, 0.2) is 60.9 Å². The van der Waals surface area contributed by atoms with E-state index in [1.54, 1.807) is 46.6 Å². The van der Waals surface area contributed by atoms with Crippen molar-refractivity contribution in [1.29, 1.82) is 0 Å². The molecule has 2 aromatic carbocycles. The Morgan fingerprint density at radius 3 is 2.77 bits per heavy atom. The summed E-state index contributed by atoms with van der Waals surface area (Å²) in [4.78, 5) is 26.6. The van der Waals surface area contributed by atoms with Gasteiger partial charge in [-0.3, -0.25) is 9.59 Å². The van der Waals surface area contributed by atoms with Crippen LogP contribution < -0.4 is 10.7 Å². The maximum atomic E-state index is 13.2. The molecule has 2 atom stereocenters. The highest BCUT2D eigenvalue weighted by Crippen LogP contribution is 2.30. The number of nitrogens with one attached hydrogen (secondary N) is 2. The summed E-state index contributed by atoms with van der Waals surface area (Å²) < 4.78 is 13.2. The van der Waals surface area contributed by atoms with Crippen LogP contribution in [0.5, 0.6) is 0 Å². The minimum absolute atomic E-state index is 0.0581. The molecule has 1 saturated heterocycles. The van der Waals surface area contributed by atoms with E-state index in [2.05, 4.69) is 10.7 Å². The molecule has 8 heteroatoms. The molecule has 2 aliphatic heterocycles. The van der Waals surface area contributed by atoms with Gasteiger partial charge in [0.25, 0.3) is 5.91 Å². The van der Waals surface area contributed by atoms with E-state index in [9.17, 15) is 14.0 Å². The van der Waals surface area contributed by atoms with Crippen molar-refractivity contribution in [3.05, 3.63) is 82.9 Å². The summed E-state index contributed by atoms with van der Waals surface area (Å²) in [6.45, 7) is 0.700. The largest absolute Gasteiger partial charge is 0.352 e. The van der Waals surface area contributed by atoms with Crippen molar-refractivity contribution in [3.8, 4) is 0 Å². The molecule has 4 rings (SSSR count). The number of hydrazine groups is 1. The van der Waals surface area contributed by atoms with Crippen molar-refractivity contribution < 1.29 is 14.0 Å². The zero-order chi connectivity index (χ0) is 21.1. The van der Waals surface area contributed by atoms with Gasteiger partial charge in [-0.2, -0.15) is 0 Å². The summed E-state index contributed by atoms with van der Waals surface area (Å²) in [6, 6.07) is 13.2. The number of benzene rings is 2. The topological polar surface area (TPSA) is 64.7 Å². The van der Waals surface area contributed by atoms with Crippen LogP contribution in [-0.4, -0.2) is 34.3 Å². The molecule has 156 valence electrons. The second-order valence-electron chi connectivity index (χ2n) is 7.38. The first-order valence-electron chi connectivity index (χ1n) is 9.79. The third kappa shape index (κ3) is 4.63. The molecule has 0 radical (unpaired) electrons. The van der Waals surface area contributed by atoms with Crippen molar-refractivity contribution in [2.75, 3.05) is 6.54 Å². The van der Waals surface area contributed by atoms with E-state index < -0.39 is 0 Å². The van der Waals surface area contributed by atoms with Gasteiger partial charge in [-0.1, -0.05) is 35.9 Å². The van der Waals surface area contributed by atoms with E-state index in [0.29, 0.717) is 24.5 Å². The number of halogens is 2. The fourth-order valence-corrected chi connectivity index (χ4v) is 3.90. The molecule has 2 aliphatic rings. The zero-order valence-corrected chi connectivity index (χ0v) is 17.0. The van der Waals surface area contributed by atoms with E-state index in [-0.39, 0.29) is 36.1 Å². The van der Waals surface area contributed by atoms with Crippen LogP contribution in [0.1, 0.15) is 30.0 Å². The number of rotatable bonds is 6. The van der Waals surface area contributed by atoms with Gasteiger partial charge in [-0.25, -0.2) is 9.82 Å². The van der Waals surface area contributed by atoms with Crippen molar-refractivity contribution in [2.24, 2.45) is 0 Å². The summed E-state index contributed by atoms with van der Waals surface area (Å²) >= 11 is 5.95. The highest BCUT2D eigenvalue weighted by Gasteiger charge is 2.39. The first kappa shape index (κ1) is 20.4. The monoisotopic (exact) mass is 428 g/mol. The predicted octanol–water partition coefficient (Wildman–Crippen LogP) is 3.12. The highest BCUT2D eigenvalue weighted by atomic mass is 35.5. The van der Waals surface area contributed by atoms with Crippen molar-refractivity contribution in [3.63, 3.8) is 0 Å². The average Bonchev–Trinajstić information content (AvgIpc) is 3.17. The van der Waals surface area contributed by atoms with Crippen LogP contribution in [0, 0.1) is 5.82 Å². The maximum Gasteiger partial charge on any atom is 0.250 e. The molecule has 0 aromatic heterocycles. The molecule has 2 amide bonds. The fraction of sp³-hybridized carbons (Fsp3) is 0.273. The number of fused-ring (bicyclic) bond motifs is 1. The number of hydrogen-bond donors (Lipinski definition) is 2. The van der Waals surface area contributed by atoms with Crippen LogP contribution in [0.25, 0.3) is 0 Å². The minimum atomic E-state index is -0.348. The molecule has 2 N–H and O–H groups in total. The van der Waals surface area contributed by atoms with E-state index in [4.69, 9.17) is 11.6 Å². The van der Waals surface area contributed by atoms with Gasteiger partial charge in [-0.05, 0) is 41.8 Å². The summed E-state index contributed by atoms with van der Waals surface area (Å²) in [5.74, 6) is -0.477. The van der Waals surface area contributed by atoms with Gasteiger partial charge in [0.1, 0.15) is 11.9 Å². The standard InChI is InChI=1S/C22H22ClFN4O2/c23-17-3-1-2-15(12-17)14-25-21(29)8-9-27-10-11-28-20(22(27)30)13-19(26-28)16-4-6-18(24)7-5-16/h1-7,10-12,19-20,26H,8-9,13-14H2,(H,25,29). The highest BCUT2D eigenvalue weighted by molar-refractivity contribution is 6.30. The fourth-order valence-electron chi connectivity index (χ4n) is 3.69. The summed E-state index contributed by atoms with van der Waals surface area (Å²) in [5.41, 5.74) is 5.12. The first-order chi connectivity index (χ1) is 14.5. The third-order valence-electron chi connectivity index (χ3n) is 5.31. The Labute approximate surface area is 179 Å². The normalized spacial score (nSPS) is 20.4. The minimum Gasteiger partial charge on any atom is -0.352 e. The van der Waals surface area contributed by atoms with E-state index in [1.807, 2.05) is 12.1 Å². The van der Waals surface area contributed by atoms with Gasteiger partial charge in [0.05, 0.1) is 6.04 Å². The Bertz CT molecular complexity index is 966. The van der Waals surface area contributed by atoms with Gasteiger partial charge in [-0.15, -0.1) is 0 Å². The van der Waals surface area contributed by atoms with Gasteiger partial charge in [0, 0.05) is 36.9 Å². The molecular formula is C22H22ClFN4O2. The quantitative estimate of drug-likeness (QED) is 0.742. The van der Waals surface area contributed by atoms with Crippen LogP contribution in [0.3, 0.4) is 0 Å². The molecule has 0 bridgehead atoms. The maximum absolute atomic E-state index is 13.2.